The number of nitrogens with one attached hydrogen (secondary N) is 1. The number of alkyl halides is 1. The summed E-state index contributed by atoms with van der Waals surface area (Å²) in [5, 5.41) is 23.9. The van der Waals surface area contributed by atoms with Gasteiger partial charge in [-0.2, -0.15) is 4.98 Å². The van der Waals surface area contributed by atoms with Gasteiger partial charge in [0.05, 0.1) is 19.0 Å². The summed E-state index contributed by atoms with van der Waals surface area (Å²) in [7, 11) is 3.21. The molecule has 2 saturated heterocycles. The SMILES string of the molecule is COc1ccc(C(Nc2ccn([C@@H]3O[C@](F)(CO)[C@@H](O)[C@]34CCS4)c(=O)n2)(c2ccccc2)c2ccc(OC)cc2)cc1. The summed E-state index contributed by atoms with van der Waals surface area (Å²) in [4.78, 5) is 17.9. The lowest BCUT2D eigenvalue weighted by Gasteiger charge is -2.43. The Hall–Kier alpha value is -3.90. The molecule has 0 radical (unpaired) electrons. The Morgan fingerprint density at radius 2 is 1.56 bits per heavy atom. The van der Waals surface area contributed by atoms with Gasteiger partial charge in [-0.05, 0) is 59.2 Å². The summed E-state index contributed by atoms with van der Waals surface area (Å²) in [5.74, 6) is -0.369. The van der Waals surface area contributed by atoms with E-state index in [-0.39, 0.29) is 5.82 Å². The van der Waals surface area contributed by atoms with Crippen LogP contribution in [-0.2, 0) is 10.3 Å². The van der Waals surface area contributed by atoms with Crippen LogP contribution in [-0.4, -0.2) is 63.0 Å². The fourth-order valence-corrected chi connectivity index (χ4v) is 7.27. The van der Waals surface area contributed by atoms with E-state index in [1.54, 1.807) is 20.3 Å². The molecule has 0 aliphatic carbocycles. The maximum absolute atomic E-state index is 15.3. The maximum Gasteiger partial charge on any atom is 0.351 e. The number of methoxy groups -OCH3 is 2. The molecule has 11 heteroatoms. The van der Waals surface area contributed by atoms with E-state index in [0.717, 1.165) is 16.7 Å². The molecule has 43 heavy (non-hydrogen) atoms. The van der Waals surface area contributed by atoms with Crippen molar-refractivity contribution < 1.29 is 28.8 Å². The van der Waals surface area contributed by atoms with E-state index in [9.17, 15) is 15.0 Å². The van der Waals surface area contributed by atoms with E-state index in [1.165, 1.54) is 22.5 Å². The third-order valence-corrected chi connectivity index (χ3v) is 9.90. The average molecular weight is 606 g/mol. The standard InChI is InChI=1S/C32H32FN3O6S/c1-40-24-12-8-22(9-13-24)32(21-6-4-3-5-7-21,23-10-14-25(41-2)15-11-23)35-26-16-18-36(29(39)34-26)28-30(17-19-43-30)27(38)31(33,20-37)42-28/h3-16,18,27-28,37-38H,17,19-20H2,1-2H3,(H,34,35,39)/t27-,28+,30+,31+/m0/s1. The maximum atomic E-state index is 15.3. The Morgan fingerprint density at radius 1 is 1.00 bits per heavy atom. The van der Waals surface area contributed by atoms with Gasteiger partial charge in [0.15, 0.2) is 6.23 Å². The summed E-state index contributed by atoms with van der Waals surface area (Å²) in [5.41, 5.74) is 0.888. The second-order valence-corrected chi connectivity index (χ2v) is 12.0. The normalized spacial score (nSPS) is 24.9. The number of anilines is 1. The Labute approximate surface area is 252 Å². The number of hydrogen-bond donors (Lipinski definition) is 3. The number of rotatable bonds is 9. The Morgan fingerprint density at radius 3 is 2.02 bits per heavy atom. The van der Waals surface area contributed by atoms with Crippen molar-refractivity contribution in [3.8, 4) is 11.5 Å². The molecule has 0 amide bonds. The minimum atomic E-state index is -2.68. The summed E-state index contributed by atoms with van der Waals surface area (Å²) >= 11 is 1.31. The number of aromatic nitrogens is 2. The predicted octanol–water partition coefficient (Wildman–Crippen LogP) is 4.09. The lowest BCUT2D eigenvalue weighted by molar-refractivity contribution is -0.207. The smallest absolute Gasteiger partial charge is 0.351 e. The summed E-state index contributed by atoms with van der Waals surface area (Å²) in [6.07, 6.45) is -0.839. The first-order chi connectivity index (χ1) is 20.8. The van der Waals surface area contributed by atoms with Crippen LogP contribution in [0.2, 0.25) is 0 Å². The largest absolute Gasteiger partial charge is 0.497 e. The molecule has 4 aromatic rings. The fourth-order valence-electron chi connectivity index (χ4n) is 5.95. The molecule has 0 saturated carbocycles. The fraction of sp³-hybridized carbons (Fsp3) is 0.312. The van der Waals surface area contributed by atoms with E-state index in [0.29, 0.717) is 23.7 Å². The van der Waals surface area contributed by atoms with Crippen LogP contribution < -0.4 is 20.5 Å². The van der Waals surface area contributed by atoms with Gasteiger partial charge in [-0.25, -0.2) is 9.18 Å². The highest BCUT2D eigenvalue weighted by molar-refractivity contribution is 8.02. The highest BCUT2D eigenvalue weighted by atomic mass is 32.2. The number of ether oxygens (including phenoxy) is 3. The summed E-state index contributed by atoms with van der Waals surface area (Å²) in [6, 6.07) is 26.7. The van der Waals surface area contributed by atoms with Crippen molar-refractivity contribution in [1.82, 2.24) is 9.55 Å². The van der Waals surface area contributed by atoms with Gasteiger partial charge in [-0.3, -0.25) is 4.57 Å². The van der Waals surface area contributed by atoms with Gasteiger partial charge < -0.3 is 29.7 Å². The zero-order valence-corrected chi connectivity index (χ0v) is 24.5. The van der Waals surface area contributed by atoms with Crippen LogP contribution in [0, 0.1) is 0 Å². The quantitative estimate of drug-likeness (QED) is 0.243. The second kappa shape index (κ2) is 11.3. The Bertz CT molecular complexity index is 1580. The molecular weight excluding hydrogens is 573 g/mol. The lowest BCUT2D eigenvalue weighted by Crippen LogP contribution is -2.53. The van der Waals surface area contributed by atoms with Crippen molar-refractivity contribution in [3.63, 3.8) is 0 Å². The van der Waals surface area contributed by atoms with Crippen molar-refractivity contribution in [2.24, 2.45) is 0 Å². The first-order valence-electron chi connectivity index (χ1n) is 13.8. The van der Waals surface area contributed by atoms with E-state index in [4.69, 9.17) is 14.2 Å². The molecule has 4 atom stereocenters. The van der Waals surface area contributed by atoms with Crippen molar-refractivity contribution in [2.45, 2.75) is 34.9 Å². The molecule has 9 nitrogen and oxygen atoms in total. The van der Waals surface area contributed by atoms with Gasteiger partial charge in [0.2, 0.25) is 0 Å². The van der Waals surface area contributed by atoms with Crippen LogP contribution >= 0.6 is 11.8 Å². The van der Waals surface area contributed by atoms with Crippen LogP contribution in [0.4, 0.5) is 10.2 Å². The first-order valence-corrected chi connectivity index (χ1v) is 14.8. The highest BCUT2D eigenvalue weighted by Crippen LogP contribution is 2.59. The molecule has 1 spiro atoms. The van der Waals surface area contributed by atoms with Crippen LogP contribution in [0.1, 0.15) is 29.3 Å². The zero-order chi connectivity index (χ0) is 30.2. The van der Waals surface area contributed by atoms with Gasteiger partial charge in [-0.15, -0.1) is 11.8 Å². The van der Waals surface area contributed by atoms with Gasteiger partial charge in [0, 0.05) is 6.20 Å². The topological polar surface area (TPSA) is 115 Å². The first kappa shape index (κ1) is 29.2. The molecule has 3 heterocycles. The number of halogens is 1. The van der Waals surface area contributed by atoms with Crippen LogP contribution in [0.5, 0.6) is 11.5 Å². The molecule has 1 aromatic heterocycles. The Kier molecular flexibility index (Phi) is 7.67. The van der Waals surface area contributed by atoms with Crippen molar-refractivity contribution in [2.75, 3.05) is 31.9 Å². The number of thioether (sulfide) groups is 1. The van der Waals surface area contributed by atoms with Crippen LogP contribution in [0.3, 0.4) is 0 Å². The molecule has 3 N–H and O–H groups in total. The minimum absolute atomic E-state index is 0.263. The second-order valence-electron chi connectivity index (χ2n) is 10.6. The minimum Gasteiger partial charge on any atom is -0.497 e. The van der Waals surface area contributed by atoms with Crippen LogP contribution in [0.15, 0.2) is 95.9 Å². The van der Waals surface area contributed by atoms with Gasteiger partial charge in [0.25, 0.3) is 5.85 Å². The molecule has 2 aliphatic heterocycles. The van der Waals surface area contributed by atoms with E-state index in [2.05, 4.69) is 10.3 Å². The zero-order valence-electron chi connectivity index (χ0n) is 23.6. The Balaban J connectivity index is 1.47. The molecule has 2 fully saturated rings. The molecule has 3 aromatic carbocycles. The van der Waals surface area contributed by atoms with E-state index in [1.807, 2.05) is 78.9 Å². The third-order valence-electron chi connectivity index (χ3n) is 8.33. The monoisotopic (exact) mass is 605 g/mol. The van der Waals surface area contributed by atoms with Crippen molar-refractivity contribution >= 4 is 17.6 Å². The van der Waals surface area contributed by atoms with E-state index < -0.39 is 40.8 Å². The number of nitrogens with zero attached hydrogens (tertiary/aromatic N) is 2. The average Bonchev–Trinajstić information content (AvgIpc) is 3.27. The lowest BCUT2D eigenvalue weighted by atomic mass is 9.77. The molecule has 0 bridgehead atoms. The van der Waals surface area contributed by atoms with Crippen LogP contribution in [0.25, 0.3) is 0 Å². The van der Waals surface area contributed by atoms with Crippen molar-refractivity contribution in [1.29, 1.82) is 0 Å². The van der Waals surface area contributed by atoms with Gasteiger partial charge >= 0.3 is 5.69 Å². The third kappa shape index (κ3) is 4.76. The molecule has 6 rings (SSSR count). The van der Waals surface area contributed by atoms with Gasteiger partial charge in [-0.1, -0.05) is 54.6 Å². The highest BCUT2D eigenvalue weighted by Gasteiger charge is 2.68. The molecular formula is C32H32FN3O6S. The number of hydrogen-bond acceptors (Lipinski definition) is 9. The molecule has 0 unspecified atom stereocenters. The summed E-state index contributed by atoms with van der Waals surface area (Å²) < 4.78 is 31.7. The van der Waals surface area contributed by atoms with Gasteiger partial charge in [0.1, 0.15) is 35.6 Å². The molecule has 2 aliphatic rings. The summed E-state index contributed by atoms with van der Waals surface area (Å²) in [6.45, 7) is -1.03. The molecule has 224 valence electrons. The number of aliphatic hydroxyl groups excluding tert-OH is 2. The predicted molar refractivity (Wildman–Crippen MR) is 161 cm³/mol. The van der Waals surface area contributed by atoms with E-state index >= 15 is 4.39 Å². The van der Waals surface area contributed by atoms with Crippen molar-refractivity contribution in [3.05, 3.63) is 118 Å². The number of aliphatic hydroxyl groups is 2. The number of benzene rings is 3.